The maximum atomic E-state index is 12.5. The molecule has 1 aliphatic heterocycles. The maximum absolute atomic E-state index is 12.5. The SMILES string of the molecule is Cc1cccc(C)c1Nc1ccc(C(=O)Nc2ccc3c(c2)OCCO3)cn1. The topological polar surface area (TPSA) is 72.5 Å². The molecule has 0 fully saturated rings. The Balaban J connectivity index is 1.45. The number of carbonyl (C=O) groups excluding carboxylic acids is 1. The summed E-state index contributed by atoms with van der Waals surface area (Å²) >= 11 is 0. The van der Waals surface area contributed by atoms with Crippen molar-refractivity contribution in [1.82, 2.24) is 4.98 Å². The van der Waals surface area contributed by atoms with Crippen LogP contribution in [0.15, 0.2) is 54.7 Å². The zero-order valence-corrected chi connectivity index (χ0v) is 15.8. The van der Waals surface area contributed by atoms with E-state index in [0.717, 1.165) is 16.8 Å². The molecule has 0 bridgehead atoms. The van der Waals surface area contributed by atoms with Crippen LogP contribution in [0.1, 0.15) is 21.5 Å². The van der Waals surface area contributed by atoms with Gasteiger partial charge in [0.05, 0.1) is 5.56 Å². The lowest BCUT2D eigenvalue weighted by molar-refractivity contribution is 0.102. The highest BCUT2D eigenvalue weighted by Crippen LogP contribution is 2.32. The predicted octanol–water partition coefficient (Wildman–Crippen LogP) is 4.47. The standard InChI is InChI=1S/C22H21N3O3/c1-14-4-3-5-15(2)21(14)25-20-9-6-16(13-23-20)22(26)24-17-7-8-18-19(12-17)28-11-10-27-18/h3-9,12-13H,10-11H2,1-2H3,(H,23,25)(H,24,26). The number of fused-ring (bicyclic) bond motifs is 1. The first kappa shape index (κ1) is 17.9. The van der Waals surface area contributed by atoms with Gasteiger partial charge in [0.15, 0.2) is 11.5 Å². The average Bonchev–Trinajstić information content (AvgIpc) is 2.71. The van der Waals surface area contributed by atoms with E-state index in [4.69, 9.17) is 9.47 Å². The van der Waals surface area contributed by atoms with E-state index in [2.05, 4.69) is 15.6 Å². The van der Waals surface area contributed by atoms with Gasteiger partial charge in [-0.15, -0.1) is 0 Å². The smallest absolute Gasteiger partial charge is 0.257 e. The lowest BCUT2D eigenvalue weighted by Gasteiger charge is -2.19. The average molecular weight is 375 g/mol. The second-order valence-electron chi connectivity index (χ2n) is 6.64. The van der Waals surface area contributed by atoms with Gasteiger partial charge >= 0.3 is 0 Å². The highest BCUT2D eigenvalue weighted by molar-refractivity contribution is 6.04. The van der Waals surface area contributed by atoms with Crippen molar-refractivity contribution < 1.29 is 14.3 Å². The van der Waals surface area contributed by atoms with E-state index < -0.39 is 0 Å². The van der Waals surface area contributed by atoms with E-state index in [0.29, 0.717) is 41.8 Å². The molecule has 142 valence electrons. The third-order valence-electron chi connectivity index (χ3n) is 4.56. The van der Waals surface area contributed by atoms with Crippen molar-refractivity contribution in [1.29, 1.82) is 0 Å². The summed E-state index contributed by atoms with van der Waals surface area (Å²) in [5.41, 5.74) is 4.43. The molecule has 28 heavy (non-hydrogen) atoms. The van der Waals surface area contributed by atoms with E-state index in [9.17, 15) is 4.79 Å². The van der Waals surface area contributed by atoms with Crippen LogP contribution in [0, 0.1) is 13.8 Å². The van der Waals surface area contributed by atoms with Crippen LogP contribution >= 0.6 is 0 Å². The quantitative estimate of drug-likeness (QED) is 0.704. The monoisotopic (exact) mass is 375 g/mol. The number of rotatable bonds is 4. The number of anilines is 3. The second-order valence-corrected chi connectivity index (χ2v) is 6.64. The number of hydrogen-bond acceptors (Lipinski definition) is 5. The van der Waals surface area contributed by atoms with Crippen LogP contribution in [-0.2, 0) is 0 Å². The number of aryl methyl sites for hydroxylation is 2. The number of aromatic nitrogens is 1. The van der Waals surface area contributed by atoms with Crippen LogP contribution in [0.5, 0.6) is 11.5 Å². The number of pyridine rings is 1. The molecule has 0 saturated heterocycles. The number of nitrogens with one attached hydrogen (secondary N) is 2. The number of ether oxygens (including phenoxy) is 2. The van der Waals surface area contributed by atoms with Gasteiger partial charge in [-0.25, -0.2) is 4.98 Å². The van der Waals surface area contributed by atoms with Gasteiger partial charge < -0.3 is 20.1 Å². The summed E-state index contributed by atoms with van der Waals surface area (Å²) in [5, 5.41) is 6.18. The zero-order chi connectivity index (χ0) is 19.5. The van der Waals surface area contributed by atoms with Crippen LogP contribution in [-0.4, -0.2) is 24.1 Å². The Labute approximate surface area is 163 Å². The molecule has 0 radical (unpaired) electrons. The summed E-state index contributed by atoms with van der Waals surface area (Å²) in [4.78, 5) is 16.9. The first-order chi connectivity index (χ1) is 13.6. The number of hydrogen-bond donors (Lipinski definition) is 2. The van der Waals surface area contributed by atoms with Gasteiger partial charge in [0.2, 0.25) is 0 Å². The highest BCUT2D eigenvalue weighted by Gasteiger charge is 2.14. The Morgan fingerprint density at radius 3 is 2.43 bits per heavy atom. The van der Waals surface area contributed by atoms with Crippen LogP contribution in [0.3, 0.4) is 0 Å². The molecule has 6 heteroatoms. The molecule has 0 saturated carbocycles. The van der Waals surface area contributed by atoms with Crippen LogP contribution < -0.4 is 20.1 Å². The summed E-state index contributed by atoms with van der Waals surface area (Å²) in [6.45, 7) is 5.13. The van der Waals surface area contributed by atoms with E-state index in [1.165, 1.54) is 0 Å². The van der Waals surface area contributed by atoms with Crippen molar-refractivity contribution in [3.05, 3.63) is 71.4 Å². The summed E-state index contributed by atoms with van der Waals surface area (Å²) in [6.07, 6.45) is 1.56. The molecule has 1 aliphatic rings. The van der Waals surface area contributed by atoms with Crippen LogP contribution in [0.25, 0.3) is 0 Å². The maximum Gasteiger partial charge on any atom is 0.257 e. The number of para-hydroxylation sites is 1. The van der Waals surface area contributed by atoms with Crippen molar-refractivity contribution in [3.63, 3.8) is 0 Å². The van der Waals surface area contributed by atoms with Crippen molar-refractivity contribution >= 4 is 23.1 Å². The van der Waals surface area contributed by atoms with Gasteiger partial charge in [-0.05, 0) is 49.2 Å². The molecular formula is C22H21N3O3. The Hall–Kier alpha value is -3.54. The van der Waals surface area contributed by atoms with Crippen molar-refractivity contribution in [2.24, 2.45) is 0 Å². The third-order valence-corrected chi connectivity index (χ3v) is 4.56. The van der Waals surface area contributed by atoms with E-state index in [1.54, 1.807) is 36.5 Å². The van der Waals surface area contributed by atoms with E-state index in [1.807, 2.05) is 32.0 Å². The predicted molar refractivity (Wildman–Crippen MR) is 109 cm³/mol. The first-order valence-electron chi connectivity index (χ1n) is 9.10. The molecule has 2 aromatic carbocycles. The summed E-state index contributed by atoms with van der Waals surface area (Å²) in [7, 11) is 0. The van der Waals surface area contributed by atoms with Crippen LogP contribution in [0.4, 0.5) is 17.2 Å². The summed E-state index contributed by atoms with van der Waals surface area (Å²) < 4.78 is 11.0. The van der Waals surface area contributed by atoms with Crippen molar-refractivity contribution in [2.75, 3.05) is 23.8 Å². The van der Waals surface area contributed by atoms with Gasteiger partial charge in [0, 0.05) is 23.6 Å². The molecule has 0 spiro atoms. The van der Waals surface area contributed by atoms with Gasteiger partial charge in [-0.2, -0.15) is 0 Å². The molecule has 3 aromatic rings. The molecule has 0 atom stereocenters. The minimum Gasteiger partial charge on any atom is -0.486 e. The molecule has 6 nitrogen and oxygen atoms in total. The molecule has 4 rings (SSSR count). The highest BCUT2D eigenvalue weighted by atomic mass is 16.6. The van der Waals surface area contributed by atoms with Gasteiger partial charge in [-0.3, -0.25) is 4.79 Å². The largest absolute Gasteiger partial charge is 0.486 e. The molecule has 0 aliphatic carbocycles. The number of nitrogens with zero attached hydrogens (tertiary/aromatic N) is 1. The molecule has 0 unspecified atom stereocenters. The lowest BCUT2D eigenvalue weighted by atomic mass is 10.1. The van der Waals surface area contributed by atoms with Gasteiger partial charge in [0.25, 0.3) is 5.91 Å². The zero-order valence-electron chi connectivity index (χ0n) is 15.8. The summed E-state index contributed by atoms with van der Waals surface area (Å²) in [5.74, 6) is 1.78. The molecule has 1 amide bonds. The van der Waals surface area contributed by atoms with E-state index in [-0.39, 0.29) is 5.91 Å². The summed E-state index contributed by atoms with van der Waals surface area (Å²) in [6, 6.07) is 15.0. The fourth-order valence-corrected chi connectivity index (χ4v) is 3.07. The Morgan fingerprint density at radius 1 is 0.964 bits per heavy atom. The number of amides is 1. The normalized spacial score (nSPS) is 12.4. The van der Waals surface area contributed by atoms with Crippen molar-refractivity contribution in [2.45, 2.75) is 13.8 Å². The fourth-order valence-electron chi connectivity index (χ4n) is 3.07. The molecule has 2 heterocycles. The fraction of sp³-hybridized carbons (Fsp3) is 0.182. The van der Waals surface area contributed by atoms with Gasteiger partial charge in [0.1, 0.15) is 19.0 Å². The third kappa shape index (κ3) is 3.76. The molecular weight excluding hydrogens is 354 g/mol. The Morgan fingerprint density at radius 2 is 1.71 bits per heavy atom. The Bertz CT molecular complexity index is 996. The lowest BCUT2D eigenvalue weighted by Crippen LogP contribution is -2.16. The van der Waals surface area contributed by atoms with E-state index >= 15 is 0 Å². The first-order valence-corrected chi connectivity index (χ1v) is 9.10. The minimum atomic E-state index is -0.234. The van der Waals surface area contributed by atoms with Gasteiger partial charge in [-0.1, -0.05) is 18.2 Å². The Kier molecular flexibility index (Phi) is 4.85. The number of benzene rings is 2. The molecule has 2 N–H and O–H groups in total. The number of carbonyl (C=O) groups is 1. The second kappa shape index (κ2) is 7.60. The minimum absolute atomic E-state index is 0.234. The molecule has 1 aromatic heterocycles. The van der Waals surface area contributed by atoms with Crippen LogP contribution in [0.2, 0.25) is 0 Å². The van der Waals surface area contributed by atoms with Crippen molar-refractivity contribution in [3.8, 4) is 11.5 Å².